The van der Waals surface area contributed by atoms with Gasteiger partial charge in [-0.25, -0.2) is 9.97 Å². The molecular formula is C23H27N5O2. The van der Waals surface area contributed by atoms with Crippen molar-refractivity contribution in [3.63, 3.8) is 0 Å². The fourth-order valence-electron chi connectivity index (χ4n) is 3.01. The van der Waals surface area contributed by atoms with Crippen molar-refractivity contribution in [2.45, 2.75) is 26.7 Å². The third-order valence-corrected chi connectivity index (χ3v) is 4.68. The quantitative estimate of drug-likeness (QED) is 0.415. The summed E-state index contributed by atoms with van der Waals surface area (Å²) in [5, 5.41) is 5.95. The van der Waals surface area contributed by atoms with Gasteiger partial charge in [-0.1, -0.05) is 38.1 Å². The molecule has 0 saturated heterocycles. The maximum atomic E-state index is 12.8. The van der Waals surface area contributed by atoms with E-state index < -0.39 is 0 Å². The summed E-state index contributed by atoms with van der Waals surface area (Å²) in [6.07, 6.45) is 5.95. The van der Waals surface area contributed by atoms with E-state index in [0.29, 0.717) is 24.5 Å². The van der Waals surface area contributed by atoms with Crippen molar-refractivity contribution >= 4 is 17.5 Å². The lowest BCUT2D eigenvalue weighted by Crippen LogP contribution is -2.30. The number of rotatable bonds is 9. The van der Waals surface area contributed by atoms with Crippen LogP contribution in [0.15, 0.2) is 55.1 Å². The lowest BCUT2D eigenvalue weighted by molar-refractivity contribution is 0.0931. The lowest BCUT2D eigenvalue weighted by Gasteiger charge is -2.12. The van der Waals surface area contributed by atoms with E-state index in [1.807, 2.05) is 12.1 Å². The molecule has 2 heterocycles. The molecule has 0 bridgehead atoms. The average Bonchev–Trinajstić information content (AvgIpc) is 2.81. The molecule has 0 aliphatic heterocycles. The molecule has 2 aromatic heterocycles. The van der Waals surface area contributed by atoms with Gasteiger partial charge in [-0.05, 0) is 29.7 Å². The number of Topliss-reactive ketones (excluding diaryl/α,β-unsaturated/α-hetero) is 1. The topological polar surface area (TPSA) is 96.9 Å². The van der Waals surface area contributed by atoms with Gasteiger partial charge in [0.1, 0.15) is 17.8 Å². The van der Waals surface area contributed by atoms with Gasteiger partial charge in [-0.15, -0.1) is 0 Å². The summed E-state index contributed by atoms with van der Waals surface area (Å²) in [7, 11) is 0. The molecule has 0 aliphatic rings. The van der Waals surface area contributed by atoms with Gasteiger partial charge in [-0.2, -0.15) is 0 Å². The number of aryl methyl sites for hydroxylation is 1. The summed E-state index contributed by atoms with van der Waals surface area (Å²) < 4.78 is 0. The number of benzene rings is 1. The molecular weight excluding hydrogens is 378 g/mol. The van der Waals surface area contributed by atoms with Crippen LogP contribution >= 0.6 is 0 Å². The van der Waals surface area contributed by atoms with Crippen molar-refractivity contribution in [2.75, 3.05) is 18.4 Å². The molecule has 0 spiro atoms. The maximum Gasteiger partial charge on any atom is 0.253 e. The number of anilines is 1. The number of amides is 1. The Hall–Kier alpha value is -3.61. The average molecular weight is 406 g/mol. The molecule has 0 aliphatic carbocycles. The number of hydrogen-bond acceptors (Lipinski definition) is 6. The van der Waals surface area contributed by atoms with Gasteiger partial charge in [0.2, 0.25) is 0 Å². The van der Waals surface area contributed by atoms with Gasteiger partial charge in [0, 0.05) is 38.9 Å². The van der Waals surface area contributed by atoms with Crippen LogP contribution in [0, 0.1) is 0 Å². The molecule has 1 aromatic carbocycles. The number of aromatic nitrogens is 3. The number of ketones is 1. The van der Waals surface area contributed by atoms with Gasteiger partial charge < -0.3 is 10.6 Å². The van der Waals surface area contributed by atoms with Gasteiger partial charge >= 0.3 is 0 Å². The molecule has 0 unspecified atom stereocenters. The zero-order valence-corrected chi connectivity index (χ0v) is 17.2. The zero-order chi connectivity index (χ0) is 21.3. The third kappa shape index (κ3) is 5.26. The van der Waals surface area contributed by atoms with Gasteiger partial charge in [0.05, 0.1) is 5.56 Å². The highest BCUT2D eigenvalue weighted by molar-refractivity contribution is 6.07. The molecule has 30 heavy (non-hydrogen) atoms. The van der Waals surface area contributed by atoms with Crippen LogP contribution in [-0.4, -0.2) is 39.7 Å². The van der Waals surface area contributed by atoms with Crippen molar-refractivity contribution in [3.8, 4) is 11.1 Å². The van der Waals surface area contributed by atoms with E-state index >= 15 is 0 Å². The first-order valence-electron chi connectivity index (χ1n) is 10.0. The van der Waals surface area contributed by atoms with Crippen LogP contribution in [-0.2, 0) is 6.42 Å². The van der Waals surface area contributed by atoms with Crippen molar-refractivity contribution in [3.05, 3.63) is 71.9 Å². The Bertz CT molecular complexity index is 1030. The van der Waals surface area contributed by atoms with Crippen LogP contribution in [0.5, 0.6) is 0 Å². The first-order chi connectivity index (χ1) is 14.6. The Morgan fingerprint density at radius 2 is 1.90 bits per heavy atom. The molecule has 0 radical (unpaired) electrons. The molecule has 0 saturated carbocycles. The standard InChI is InChI=1S/C23H25N5O2.H2/c1-3-16-6-5-7-17(12-16)18-13-19(22(27-14-18)20(29)4-2)23(30)26-11-10-25-21-8-9-24-15-28-21;/h5-9,12-15H,3-4,10-11H2,1-2H3,(H,26,30)(H,24,25,28);1H. The molecule has 0 atom stereocenters. The van der Waals surface area contributed by atoms with Crippen molar-refractivity contribution in [1.82, 2.24) is 20.3 Å². The smallest absolute Gasteiger partial charge is 0.253 e. The Morgan fingerprint density at radius 3 is 2.63 bits per heavy atom. The minimum Gasteiger partial charge on any atom is -0.368 e. The predicted octanol–water partition coefficient (Wildman–Crippen LogP) is 3.78. The van der Waals surface area contributed by atoms with Crippen LogP contribution in [0.3, 0.4) is 0 Å². The Balaban J connectivity index is 0.00000341. The van der Waals surface area contributed by atoms with Crippen LogP contribution in [0.25, 0.3) is 11.1 Å². The van der Waals surface area contributed by atoms with E-state index in [9.17, 15) is 9.59 Å². The Labute approximate surface area is 177 Å². The predicted molar refractivity (Wildman–Crippen MR) is 119 cm³/mol. The first kappa shape index (κ1) is 21.1. The fraction of sp³-hybridized carbons (Fsp3) is 0.261. The number of nitrogens with one attached hydrogen (secondary N) is 2. The molecule has 7 nitrogen and oxygen atoms in total. The minimum absolute atomic E-state index is 0. The molecule has 2 N–H and O–H groups in total. The third-order valence-electron chi connectivity index (χ3n) is 4.68. The van der Waals surface area contributed by atoms with Crippen molar-refractivity contribution in [1.29, 1.82) is 0 Å². The second kappa shape index (κ2) is 10.2. The zero-order valence-electron chi connectivity index (χ0n) is 17.2. The number of pyridine rings is 1. The molecule has 3 aromatic rings. The van der Waals surface area contributed by atoms with E-state index in [0.717, 1.165) is 17.5 Å². The molecule has 156 valence electrons. The summed E-state index contributed by atoms with van der Waals surface area (Å²) in [5.74, 6) is 0.200. The maximum absolute atomic E-state index is 12.8. The second-order valence-electron chi connectivity index (χ2n) is 6.73. The van der Waals surface area contributed by atoms with E-state index in [-0.39, 0.29) is 25.2 Å². The van der Waals surface area contributed by atoms with Crippen LogP contribution in [0.4, 0.5) is 5.82 Å². The summed E-state index contributed by atoms with van der Waals surface area (Å²) in [5.41, 5.74) is 3.47. The minimum atomic E-state index is -0.322. The highest BCUT2D eigenvalue weighted by Gasteiger charge is 2.18. The highest BCUT2D eigenvalue weighted by Crippen LogP contribution is 2.23. The molecule has 7 heteroatoms. The monoisotopic (exact) mass is 405 g/mol. The second-order valence-corrected chi connectivity index (χ2v) is 6.73. The van der Waals surface area contributed by atoms with Crippen molar-refractivity contribution in [2.24, 2.45) is 0 Å². The van der Waals surface area contributed by atoms with Gasteiger partial charge in [-0.3, -0.25) is 14.6 Å². The van der Waals surface area contributed by atoms with Crippen LogP contribution in [0.2, 0.25) is 0 Å². The Morgan fingerprint density at radius 1 is 1.03 bits per heavy atom. The van der Waals surface area contributed by atoms with Crippen LogP contribution in [0.1, 0.15) is 48.1 Å². The normalized spacial score (nSPS) is 10.5. The van der Waals surface area contributed by atoms with E-state index in [2.05, 4.69) is 44.6 Å². The number of nitrogens with zero attached hydrogens (tertiary/aromatic N) is 3. The molecule has 3 rings (SSSR count). The first-order valence-corrected chi connectivity index (χ1v) is 10.0. The largest absolute Gasteiger partial charge is 0.368 e. The number of carbonyl (C=O) groups is 2. The summed E-state index contributed by atoms with van der Waals surface area (Å²) in [4.78, 5) is 37.4. The fourth-order valence-corrected chi connectivity index (χ4v) is 3.01. The van der Waals surface area contributed by atoms with Gasteiger partial charge in [0.15, 0.2) is 5.78 Å². The summed E-state index contributed by atoms with van der Waals surface area (Å²) >= 11 is 0. The molecule has 1 amide bonds. The number of carbonyl (C=O) groups excluding carboxylic acids is 2. The van der Waals surface area contributed by atoms with Crippen molar-refractivity contribution < 1.29 is 11.0 Å². The van der Waals surface area contributed by atoms with E-state index in [4.69, 9.17) is 0 Å². The molecule has 0 fully saturated rings. The van der Waals surface area contributed by atoms with Crippen LogP contribution < -0.4 is 10.6 Å². The summed E-state index contributed by atoms with van der Waals surface area (Å²) in [6, 6.07) is 11.6. The summed E-state index contributed by atoms with van der Waals surface area (Å²) in [6.45, 7) is 4.72. The van der Waals surface area contributed by atoms with Gasteiger partial charge in [0.25, 0.3) is 5.91 Å². The SMILES string of the molecule is CCC(=O)c1ncc(-c2cccc(CC)c2)cc1C(=O)NCCNc1ccncn1.[HH]. The number of hydrogen-bond donors (Lipinski definition) is 2. The Kier molecular flexibility index (Phi) is 7.21. The lowest BCUT2D eigenvalue weighted by atomic mass is 9.99. The highest BCUT2D eigenvalue weighted by atomic mass is 16.2. The van der Waals surface area contributed by atoms with E-state index in [1.54, 1.807) is 31.5 Å². The van der Waals surface area contributed by atoms with E-state index in [1.165, 1.54) is 11.9 Å².